The van der Waals surface area contributed by atoms with Gasteiger partial charge in [0.25, 0.3) is 0 Å². The number of hydrogen-bond acceptors (Lipinski definition) is 4. The van der Waals surface area contributed by atoms with Crippen LogP contribution in [0.2, 0.25) is 0 Å². The molecule has 0 saturated carbocycles. The summed E-state index contributed by atoms with van der Waals surface area (Å²) >= 11 is 0. The van der Waals surface area contributed by atoms with Gasteiger partial charge >= 0.3 is 0 Å². The second-order valence-corrected chi connectivity index (χ2v) is 7.31. The van der Waals surface area contributed by atoms with E-state index < -0.39 is 17.9 Å². The number of carbonyl (C=O) groups is 2. The van der Waals surface area contributed by atoms with Gasteiger partial charge < -0.3 is 4.90 Å². The van der Waals surface area contributed by atoms with Gasteiger partial charge in [-0.1, -0.05) is 42.0 Å². The summed E-state index contributed by atoms with van der Waals surface area (Å²) in [6.45, 7) is 1.96. The molecular formula is C22H17N3O2. The van der Waals surface area contributed by atoms with Gasteiger partial charge in [-0.2, -0.15) is 5.26 Å². The van der Waals surface area contributed by atoms with Crippen molar-refractivity contribution < 1.29 is 9.59 Å². The van der Waals surface area contributed by atoms with Crippen molar-refractivity contribution in [2.24, 2.45) is 11.8 Å². The van der Waals surface area contributed by atoms with Crippen LogP contribution in [-0.2, 0) is 9.59 Å². The molecule has 0 aromatic heterocycles. The van der Waals surface area contributed by atoms with Gasteiger partial charge in [-0.05, 0) is 36.3 Å². The molecule has 5 nitrogen and oxygen atoms in total. The molecular weight excluding hydrogens is 338 g/mol. The molecule has 3 aliphatic rings. The molecule has 0 N–H and O–H groups in total. The molecule has 2 aromatic carbocycles. The van der Waals surface area contributed by atoms with Crippen LogP contribution < -0.4 is 4.90 Å². The highest BCUT2D eigenvalue weighted by Crippen LogP contribution is 2.52. The zero-order valence-electron chi connectivity index (χ0n) is 14.7. The summed E-state index contributed by atoms with van der Waals surface area (Å²) in [6.07, 6.45) is 3.81. The van der Waals surface area contributed by atoms with E-state index in [4.69, 9.17) is 0 Å². The number of anilines is 1. The monoisotopic (exact) mass is 355 g/mol. The first-order valence-electron chi connectivity index (χ1n) is 9.00. The topological polar surface area (TPSA) is 64.4 Å². The number of aryl methyl sites for hydroxylation is 1. The third-order valence-electron chi connectivity index (χ3n) is 5.89. The fraction of sp³-hybridized carbons (Fsp3) is 0.227. The zero-order valence-corrected chi connectivity index (χ0v) is 14.7. The predicted molar refractivity (Wildman–Crippen MR) is 100 cm³/mol. The number of carbonyl (C=O) groups excluding carboxylic acids is 2. The summed E-state index contributed by atoms with van der Waals surface area (Å²) in [4.78, 5) is 29.7. The predicted octanol–water partition coefficient (Wildman–Crippen LogP) is 3.03. The third-order valence-corrected chi connectivity index (χ3v) is 5.89. The Labute approximate surface area is 157 Å². The molecule has 0 spiro atoms. The normalized spacial score (nSPS) is 28.0. The van der Waals surface area contributed by atoms with Crippen LogP contribution in [0.15, 0.2) is 54.7 Å². The maximum atomic E-state index is 13.4. The molecule has 3 heterocycles. The fourth-order valence-electron chi connectivity index (χ4n) is 4.65. The minimum absolute atomic E-state index is 0.216. The molecule has 0 aliphatic carbocycles. The van der Waals surface area contributed by atoms with E-state index in [-0.39, 0.29) is 17.9 Å². The molecule has 0 radical (unpaired) electrons. The van der Waals surface area contributed by atoms with Crippen LogP contribution in [-0.4, -0.2) is 22.8 Å². The summed E-state index contributed by atoms with van der Waals surface area (Å²) in [6, 6.07) is 16.6. The minimum atomic E-state index is -0.649. The maximum Gasteiger partial charge on any atom is 0.240 e. The second kappa shape index (κ2) is 5.55. The zero-order chi connectivity index (χ0) is 18.7. The Kier molecular flexibility index (Phi) is 3.26. The number of benzene rings is 2. The Morgan fingerprint density at radius 2 is 1.67 bits per heavy atom. The summed E-state index contributed by atoms with van der Waals surface area (Å²) in [5, 5.41) is 9.79. The van der Waals surface area contributed by atoms with Gasteiger partial charge in [0.15, 0.2) is 0 Å². The molecule has 4 atom stereocenters. The number of rotatable bonds is 1. The lowest BCUT2D eigenvalue weighted by atomic mass is 9.85. The van der Waals surface area contributed by atoms with Crippen molar-refractivity contribution in [3.05, 3.63) is 71.4 Å². The van der Waals surface area contributed by atoms with Crippen LogP contribution in [0.25, 0.3) is 6.08 Å². The highest BCUT2D eigenvalue weighted by molar-refractivity contribution is 6.23. The van der Waals surface area contributed by atoms with Gasteiger partial charge in [-0.15, -0.1) is 0 Å². The molecule has 0 unspecified atom stereocenters. The number of hydrogen-bond donors (Lipinski definition) is 0. The van der Waals surface area contributed by atoms with Crippen molar-refractivity contribution in [2.45, 2.75) is 19.0 Å². The lowest BCUT2D eigenvalue weighted by Crippen LogP contribution is -2.40. The van der Waals surface area contributed by atoms with E-state index in [9.17, 15) is 14.9 Å². The van der Waals surface area contributed by atoms with Crippen LogP contribution in [0.3, 0.4) is 0 Å². The number of nitriles is 1. The van der Waals surface area contributed by atoms with Gasteiger partial charge in [0.2, 0.25) is 11.8 Å². The summed E-state index contributed by atoms with van der Waals surface area (Å²) in [5.41, 5.74) is 3.67. The molecule has 2 amide bonds. The largest absolute Gasteiger partial charge is 0.353 e. The van der Waals surface area contributed by atoms with Gasteiger partial charge in [-0.25, -0.2) is 4.90 Å². The van der Waals surface area contributed by atoms with Gasteiger partial charge in [-0.3, -0.25) is 9.59 Å². The highest BCUT2D eigenvalue weighted by Gasteiger charge is 2.63. The number of amides is 2. The van der Waals surface area contributed by atoms with Crippen molar-refractivity contribution in [1.82, 2.24) is 4.90 Å². The SMILES string of the molecule is Cc1ccc(N2C(=O)[C@@H]3[C@H](C2=O)[C@H]2c4ccccc4C=CN2[C@@H]3C#N)cc1. The molecule has 132 valence electrons. The second-order valence-electron chi connectivity index (χ2n) is 7.31. The summed E-state index contributed by atoms with van der Waals surface area (Å²) in [7, 11) is 0. The van der Waals surface area contributed by atoms with Crippen molar-refractivity contribution in [2.75, 3.05) is 4.90 Å². The van der Waals surface area contributed by atoms with Crippen molar-refractivity contribution in [3.63, 3.8) is 0 Å². The lowest BCUT2D eigenvalue weighted by molar-refractivity contribution is -0.123. The van der Waals surface area contributed by atoms with Crippen LogP contribution >= 0.6 is 0 Å². The number of imide groups is 1. The molecule has 2 saturated heterocycles. The van der Waals surface area contributed by atoms with Gasteiger partial charge in [0.05, 0.1) is 29.6 Å². The Bertz CT molecular complexity index is 1030. The summed E-state index contributed by atoms with van der Waals surface area (Å²) < 4.78 is 0. The maximum absolute atomic E-state index is 13.4. The molecule has 3 aliphatic heterocycles. The molecule has 5 heteroatoms. The Balaban J connectivity index is 1.63. The van der Waals surface area contributed by atoms with E-state index in [1.54, 1.807) is 12.1 Å². The Morgan fingerprint density at radius 1 is 0.963 bits per heavy atom. The average Bonchev–Trinajstić information content (AvgIpc) is 3.15. The fourth-order valence-corrected chi connectivity index (χ4v) is 4.65. The molecule has 27 heavy (non-hydrogen) atoms. The smallest absolute Gasteiger partial charge is 0.240 e. The average molecular weight is 355 g/mol. The number of nitrogens with zero attached hydrogens (tertiary/aromatic N) is 3. The highest BCUT2D eigenvalue weighted by atomic mass is 16.2. The van der Waals surface area contributed by atoms with E-state index in [1.807, 2.05) is 60.5 Å². The van der Waals surface area contributed by atoms with Crippen molar-refractivity contribution in [3.8, 4) is 6.07 Å². The Morgan fingerprint density at radius 3 is 2.41 bits per heavy atom. The van der Waals surface area contributed by atoms with Gasteiger partial charge in [0.1, 0.15) is 6.04 Å². The number of fused-ring (bicyclic) bond motifs is 5. The van der Waals surface area contributed by atoms with E-state index in [2.05, 4.69) is 6.07 Å². The molecule has 2 aromatic rings. The standard InChI is InChI=1S/C22H17N3O2/c1-13-6-8-15(9-7-13)25-21(26)18-17(12-23)24-11-10-14-4-2-3-5-16(14)20(24)19(18)22(25)27/h2-11,17-20H,1H3/t17-,18+,19+,20-/m1/s1. The minimum Gasteiger partial charge on any atom is -0.353 e. The first-order chi connectivity index (χ1) is 13.1. The molecule has 0 bridgehead atoms. The lowest BCUT2D eigenvalue weighted by Gasteiger charge is -2.33. The first-order valence-corrected chi connectivity index (χ1v) is 9.00. The van der Waals surface area contributed by atoms with E-state index in [1.165, 1.54) is 4.90 Å². The quantitative estimate of drug-likeness (QED) is 0.738. The van der Waals surface area contributed by atoms with Crippen LogP contribution in [0.1, 0.15) is 22.7 Å². The Hall–Kier alpha value is -3.39. The van der Waals surface area contributed by atoms with Crippen LogP contribution in [0.5, 0.6) is 0 Å². The van der Waals surface area contributed by atoms with Crippen molar-refractivity contribution in [1.29, 1.82) is 5.26 Å². The van der Waals surface area contributed by atoms with Gasteiger partial charge in [0, 0.05) is 6.20 Å². The first kappa shape index (κ1) is 15.8. The third kappa shape index (κ3) is 2.04. The van der Waals surface area contributed by atoms with E-state index in [0.29, 0.717) is 5.69 Å². The van der Waals surface area contributed by atoms with E-state index in [0.717, 1.165) is 16.7 Å². The molecule has 2 fully saturated rings. The van der Waals surface area contributed by atoms with Crippen LogP contribution in [0, 0.1) is 30.1 Å². The van der Waals surface area contributed by atoms with Crippen molar-refractivity contribution >= 4 is 23.6 Å². The van der Waals surface area contributed by atoms with E-state index >= 15 is 0 Å². The molecule has 5 rings (SSSR count). The summed E-state index contributed by atoms with van der Waals surface area (Å²) in [5.74, 6) is -1.69. The van der Waals surface area contributed by atoms with Crippen LogP contribution in [0.4, 0.5) is 5.69 Å².